The molecule has 0 fully saturated rings. The Morgan fingerprint density at radius 1 is 0.893 bits per heavy atom. The maximum absolute atomic E-state index is 12.7. The van der Waals surface area contributed by atoms with Crippen LogP contribution in [0.1, 0.15) is 11.1 Å². The molecule has 1 heterocycles. The molecule has 4 rings (SSSR count). The average Bonchev–Trinajstić information content (AvgIpc) is 2.63. The third kappa shape index (κ3) is 3.14. The molecule has 6 nitrogen and oxygen atoms in total. The molecule has 0 saturated heterocycles. The van der Waals surface area contributed by atoms with Crippen LogP contribution in [0.4, 0.5) is 11.4 Å². The first-order valence-corrected chi connectivity index (χ1v) is 11.5. The van der Waals surface area contributed by atoms with Gasteiger partial charge in [0.25, 0.3) is 20.0 Å². The highest BCUT2D eigenvalue weighted by molar-refractivity contribution is 7.93. The zero-order valence-electron chi connectivity index (χ0n) is 15.2. The van der Waals surface area contributed by atoms with Gasteiger partial charge in [-0.15, -0.1) is 0 Å². The monoisotopic (exact) mass is 414 g/mol. The smallest absolute Gasteiger partial charge is 0.262 e. The van der Waals surface area contributed by atoms with E-state index in [1.165, 1.54) is 6.07 Å². The molecule has 0 aliphatic carbocycles. The number of anilines is 2. The third-order valence-corrected chi connectivity index (χ3v) is 7.43. The summed E-state index contributed by atoms with van der Waals surface area (Å²) in [6, 6.07) is 16.5. The first kappa shape index (κ1) is 18.5. The number of rotatable bonds is 3. The van der Waals surface area contributed by atoms with Crippen LogP contribution < -0.4 is 9.44 Å². The number of aryl methyl sites for hydroxylation is 2. The predicted octanol–water partition coefficient (Wildman–Crippen LogP) is 3.89. The number of sulfonamides is 2. The Kier molecular flexibility index (Phi) is 4.20. The van der Waals surface area contributed by atoms with Gasteiger partial charge in [0, 0.05) is 16.8 Å². The fraction of sp³-hybridized carbons (Fsp3) is 0.100. The molecular weight excluding hydrogens is 396 g/mol. The molecule has 0 bridgehead atoms. The largest absolute Gasteiger partial charge is 0.280 e. The minimum atomic E-state index is -3.76. The summed E-state index contributed by atoms with van der Waals surface area (Å²) in [6.45, 7) is 3.62. The quantitative estimate of drug-likeness (QED) is 0.680. The van der Waals surface area contributed by atoms with E-state index in [-0.39, 0.29) is 9.79 Å². The maximum Gasteiger partial charge on any atom is 0.262 e. The molecule has 0 atom stereocenters. The van der Waals surface area contributed by atoms with Crippen molar-refractivity contribution in [3.8, 4) is 11.1 Å². The van der Waals surface area contributed by atoms with E-state index in [2.05, 4.69) is 9.44 Å². The van der Waals surface area contributed by atoms with Crippen LogP contribution >= 0.6 is 0 Å². The van der Waals surface area contributed by atoms with Crippen molar-refractivity contribution in [3.05, 3.63) is 71.8 Å². The van der Waals surface area contributed by atoms with Crippen molar-refractivity contribution < 1.29 is 16.8 Å². The van der Waals surface area contributed by atoms with Crippen molar-refractivity contribution in [2.45, 2.75) is 23.6 Å². The lowest BCUT2D eigenvalue weighted by atomic mass is 9.99. The molecule has 0 spiro atoms. The molecule has 0 saturated carbocycles. The van der Waals surface area contributed by atoms with Gasteiger partial charge in [0.1, 0.15) is 0 Å². The van der Waals surface area contributed by atoms with E-state index in [1.54, 1.807) is 61.5 Å². The first-order valence-electron chi connectivity index (χ1n) is 8.54. The molecule has 3 aromatic rings. The van der Waals surface area contributed by atoms with Gasteiger partial charge in [-0.25, -0.2) is 16.8 Å². The van der Waals surface area contributed by atoms with Crippen molar-refractivity contribution in [2.24, 2.45) is 0 Å². The van der Waals surface area contributed by atoms with Crippen LogP contribution in [0.15, 0.2) is 70.5 Å². The van der Waals surface area contributed by atoms with Gasteiger partial charge in [-0.2, -0.15) is 0 Å². The predicted molar refractivity (Wildman–Crippen MR) is 109 cm³/mol. The summed E-state index contributed by atoms with van der Waals surface area (Å²) in [5.41, 5.74) is 3.58. The minimum Gasteiger partial charge on any atom is -0.280 e. The second-order valence-electron chi connectivity index (χ2n) is 6.74. The topological polar surface area (TPSA) is 92.3 Å². The Balaban J connectivity index is 1.81. The van der Waals surface area contributed by atoms with Crippen LogP contribution in [0.3, 0.4) is 0 Å². The first-order chi connectivity index (χ1) is 13.2. The Bertz CT molecular complexity index is 1300. The zero-order valence-corrected chi connectivity index (χ0v) is 16.9. The molecule has 0 radical (unpaired) electrons. The van der Waals surface area contributed by atoms with Crippen molar-refractivity contribution in [2.75, 3.05) is 9.44 Å². The van der Waals surface area contributed by atoms with E-state index >= 15 is 0 Å². The summed E-state index contributed by atoms with van der Waals surface area (Å²) in [4.78, 5) is 0.329. The number of hydrogen-bond acceptors (Lipinski definition) is 4. The lowest BCUT2D eigenvalue weighted by Gasteiger charge is -2.24. The number of fused-ring (bicyclic) bond motifs is 3. The van der Waals surface area contributed by atoms with Gasteiger partial charge in [0.05, 0.1) is 15.5 Å². The zero-order chi connectivity index (χ0) is 20.1. The summed E-state index contributed by atoms with van der Waals surface area (Å²) >= 11 is 0. The number of nitrogens with one attached hydrogen (secondary N) is 2. The Morgan fingerprint density at radius 3 is 2.29 bits per heavy atom. The summed E-state index contributed by atoms with van der Waals surface area (Å²) in [5, 5.41) is 0. The van der Waals surface area contributed by atoms with Gasteiger partial charge in [-0.1, -0.05) is 35.9 Å². The molecule has 0 unspecified atom stereocenters. The Hall–Kier alpha value is -2.84. The van der Waals surface area contributed by atoms with E-state index < -0.39 is 20.0 Å². The Labute approximate surface area is 164 Å². The molecule has 8 heteroatoms. The average molecular weight is 415 g/mol. The molecule has 28 heavy (non-hydrogen) atoms. The molecule has 0 amide bonds. The summed E-state index contributed by atoms with van der Waals surface area (Å²) in [7, 11) is -7.42. The minimum absolute atomic E-state index is 0.162. The van der Waals surface area contributed by atoms with Crippen LogP contribution in [0.25, 0.3) is 11.1 Å². The van der Waals surface area contributed by atoms with Crippen molar-refractivity contribution in [1.29, 1.82) is 0 Å². The van der Waals surface area contributed by atoms with Crippen LogP contribution in [-0.2, 0) is 20.0 Å². The molecule has 3 aromatic carbocycles. The molecule has 0 aromatic heterocycles. The highest BCUT2D eigenvalue weighted by atomic mass is 32.2. The van der Waals surface area contributed by atoms with Gasteiger partial charge >= 0.3 is 0 Å². The SMILES string of the molecule is Cc1ccc(S(=O)(=O)Nc2cc(C)c3c(c2)-c2ccccc2S(=O)(=O)N3)cc1. The van der Waals surface area contributed by atoms with Crippen molar-refractivity contribution in [1.82, 2.24) is 0 Å². The fourth-order valence-electron chi connectivity index (χ4n) is 3.24. The van der Waals surface area contributed by atoms with Crippen molar-refractivity contribution >= 4 is 31.4 Å². The van der Waals surface area contributed by atoms with E-state index in [0.717, 1.165) is 5.56 Å². The molecular formula is C20H18N2O4S2. The normalized spacial score (nSPS) is 14.5. The second-order valence-corrected chi connectivity index (χ2v) is 10.1. The maximum atomic E-state index is 12.7. The van der Waals surface area contributed by atoms with Gasteiger partial charge in [0.15, 0.2) is 0 Å². The molecule has 144 valence electrons. The third-order valence-electron chi connectivity index (χ3n) is 4.62. The van der Waals surface area contributed by atoms with E-state index in [9.17, 15) is 16.8 Å². The standard InChI is InChI=1S/C20H18N2O4S2/c1-13-7-9-16(10-8-13)27(23,24)21-15-11-14(2)20-18(12-15)17-5-3-4-6-19(17)28(25,26)22-20/h3-12,21-22H,1-2H3. The lowest BCUT2D eigenvalue weighted by molar-refractivity contribution is 0.599. The van der Waals surface area contributed by atoms with Crippen LogP contribution in [0.5, 0.6) is 0 Å². The van der Waals surface area contributed by atoms with E-state index in [1.807, 2.05) is 6.92 Å². The summed E-state index contributed by atoms with van der Waals surface area (Å²) in [6.07, 6.45) is 0. The van der Waals surface area contributed by atoms with Gasteiger partial charge in [-0.3, -0.25) is 9.44 Å². The van der Waals surface area contributed by atoms with Gasteiger partial charge in [0.2, 0.25) is 0 Å². The van der Waals surface area contributed by atoms with Gasteiger partial charge in [-0.05, 0) is 49.7 Å². The highest BCUT2D eigenvalue weighted by Gasteiger charge is 2.28. The molecule has 1 aliphatic heterocycles. The van der Waals surface area contributed by atoms with Crippen LogP contribution in [-0.4, -0.2) is 16.8 Å². The lowest BCUT2D eigenvalue weighted by Crippen LogP contribution is -2.20. The van der Waals surface area contributed by atoms with Crippen LogP contribution in [0, 0.1) is 13.8 Å². The number of hydrogen-bond donors (Lipinski definition) is 2. The Morgan fingerprint density at radius 2 is 1.57 bits per heavy atom. The van der Waals surface area contributed by atoms with E-state index in [4.69, 9.17) is 0 Å². The fourth-order valence-corrected chi connectivity index (χ4v) is 5.65. The second kappa shape index (κ2) is 6.35. The van der Waals surface area contributed by atoms with E-state index in [0.29, 0.717) is 28.1 Å². The highest BCUT2D eigenvalue weighted by Crippen LogP contribution is 2.42. The molecule has 2 N–H and O–H groups in total. The van der Waals surface area contributed by atoms with Crippen LogP contribution in [0.2, 0.25) is 0 Å². The summed E-state index contributed by atoms with van der Waals surface area (Å²) < 4.78 is 55.6. The van der Waals surface area contributed by atoms with Gasteiger partial charge < -0.3 is 0 Å². The summed E-state index contributed by atoms with van der Waals surface area (Å²) in [5.74, 6) is 0. The molecule has 1 aliphatic rings. The number of benzene rings is 3. The van der Waals surface area contributed by atoms with Crippen molar-refractivity contribution in [3.63, 3.8) is 0 Å².